The average molecular weight is 334 g/mol. The number of imidazole rings is 1. The van der Waals surface area contributed by atoms with E-state index in [1.54, 1.807) is 44.2 Å². The van der Waals surface area contributed by atoms with Gasteiger partial charge in [-0.2, -0.15) is 8.78 Å². The summed E-state index contributed by atoms with van der Waals surface area (Å²) in [5.41, 5.74) is 0.992. The summed E-state index contributed by atoms with van der Waals surface area (Å²) in [7, 11) is 0. The lowest BCUT2D eigenvalue weighted by Gasteiger charge is -2.14. The second-order valence-electron chi connectivity index (χ2n) is 5.48. The molecule has 0 saturated carbocycles. The monoisotopic (exact) mass is 334 g/mol. The van der Waals surface area contributed by atoms with Crippen LogP contribution in [0.25, 0.3) is 11.0 Å². The number of hydrogen-bond acceptors (Lipinski definition) is 4. The predicted octanol–water partition coefficient (Wildman–Crippen LogP) is 4.56. The molecule has 1 aromatic carbocycles. The molecule has 0 aliphatic carbocycles. The molecule has 0 saturated heterocycles. The summed E-state index contributed by atoms with van der Waals surface area (Å²) in [6.45, 7) is 2.08. The van der Waals surface area contributed by atoms with Gasteiger partial charge in [-0.15, -0.1) is 0 Å². The lowest BCUT2D eigenvalue weighted by Crippen LogP contribution is -2.14. The van der Waals surface area contributed by atoms with Crippen molar-refractivity contribution in [2.24, 2.45) is 0 Å². The van der Waals surface area contributed by atoms with Crippen molar-refractivity contribution in [1.29, 1.82) is 0 Å². The maximum Gasteiger partial charge on any atom is 0.342 e. The first kappa shape index (κ1) is 16.2. The number of alkyl halides is 2. The highest BCUT2D eigenvalue weighted by Crippen LogP contribution is 2.29. The number of aromatic nitrogens is 2. The molecule has 0 aliphatic heterocycles. The van der Waals surface area contributed by atoms with Crippen LogP contribution in [0.3, 0.4) is 0 Å². The van der Waals surface area contributed by atoms with Gasteiger partial charge in [-0.1, -0.05) is 12.1 Å². The Bertz CT molecular complexity index is 899. The van der Waals surface area contributed by atoms with Gasteiger partial charge >= 0.3 is 12.5 Å². The Balaban J connectivity index is 1.94. The summed E-state index contributed by atoms with van der Waals surface area (Å²) in [4.78, 5) is 16.4. The number of ether oxygens (including phenoxy) is 1. The summed E-state index contributed by atoms with van der Waals surface area (Å²) in [5.74, 6) is 0.362. The molecule has 0 aliphatic rings. The second kappa shape index (κ2) is 6.07. The lowest BCUT2D eigenvalue weighted by molar-refractivity contribution is 0.0231. The standard InChI is InChI=1S/C17H16F2N2O3/c1-9-8-12(10(2)23-9)16(22)24-11(3)15-20-13-6-4-5-7-14(13)21(15)17(18)19/h4-8,11,17H,1-3H3. The molecule has 0 fully saturated rings. The quantitative estimate of drug-likeness (QED) is 0.656. The van der Waals surface area contributed by atoms with E-state index in [0.717, 1.165) is 4.57 Å². The Morgan fingerprint density at radius 2 is 2.00 bits per heavy atom. The van der Waals surface area contributed by atoms with E-state index >= 15 is 0 Å². The first-order valence-electron chi connectivity index (χ1n) is 7.41. The first-order valence-corrected chi connectivity index (χ1v) is 7.41. The van der Waals surface area contributed by atoms with Gasteiger partial charge in [-0.05, 0) is 39.0 Å². The van der Waals surface area contributed by atoms with Gasteiger partial charge < -0.3 is 9.15 Å². The molecule has 126 valence electrons. The third kappa shape index (κ3) is 2.77. The zero-order chi connectivity index (χ0) is 17.4. The summed E-state index contributed by atoms with van der Waals surface area (Å²) in [5, 5.41) is 0. The van der Waals surface area contributed by atoms with Crippen LogP contribution in [0.2, 0.25) is 0 Å². The largest absolute Gasteiger partial charge is 0.466 e. The van der Waals surface area contributed by atoms with Crippen molar-refractivity contribution in [1.82, 2.24) is 9.55 Å². The van der Waals surface area contributed by atoms with Crippen molar-refractivity contribution in [3.05, 3.63) is 53.2 Å². The third-order valence-corrected chi connectivity index (χ3v) is 3.73. The number of furan rings is 1. The molecule has 2 aromatic heterocycles. The van der Waals surface area contributed by atoms with Gasteiger partial charge in [-0.25, -0.2) is 9.78 Å². The Morgan fingerprint density at radius 1 is 1.29 bits per heavy atom. The molecule has 2 heterocycles. The Morgan fingerprint density at radius 3 is 2.62 bits per heavy atom. The third-order valence-electron chi connectivity index (χ3n) is 3.73. The van der Waals surface area contributed by atoms with Gasteiger partial charge in [-0.3, -0.25) is 4.57 Å². The van der Waals surface area contributed by atoms with E-state index in [0.29, 0.717) is 22.6 Å². The number of halogens is 2. The van der Waals surface area contributed by atoms with E-state index in [4.69, 9.17) is 9.15 Å². The highest BCUT2D eigenvalue weighted by molar-refractivity contribution is 5.90. The topological polar surface area (TPSA) is 57.3 Å². The van der Waals surface area contributed by atoms with Gasteiger partial charge in [0, 0.05) is 0 Å². The lowest BCUT2D eigenvalue weighted by atomic mass is 10.2. The number of nitrogens with zero attached hydrogens (tertiary/aromatic N) is 2. The zero-order valence-electron chi connectivity index (χ0n) is 13.4. The van der Waals surface area contributed by atoms with Gasteiger partial charge in [0.05, 0.1) is 11.0 Å². The van der Waals surface area contributed by atoms with E-state index in [2.05, 4.69) is 4.98 Å². The highest BCUT2D eigenvalue weighted by Gasteiger charge is 2.25. The molecule has 0 bridgehead atoms. The van der Waals surface area contributed by atoms with Gasteiger partial charge in [0.2, 0.25) is 0 Å². The Labute approximate surface area is 136 Å². The molecule has 24 heavy (non-hydrogen) atoms. The van der Waals surface area contributed by atoms with E-state index < -0.39 is 18.6 Å². The molecular weight excluding hydrogens is 318 g/mol. The molecule has 3 aromatic rings. The van der Waals surface area contributed by atoms with Crippen LogP contribution in [0.4, 0.5) is 8.78 Å². The minimum Gasteiger partial charge on any atom is -0.466 e. The van der Waals surface area contributed by atoms with Crippen LogP contribution in [-0.2, 0) is 4.74 Å². The second-order valence-corrected chi connectivity index (χ2v) is 5.48. The van der Waals surface area contributed by atoms with Crippen molar-refractivity contribution in [3.8, 4) is 0 Å². The van der Waals surface area contributed by atoms with Crippen LogP contribution in [0.5, 0.6) is 0 Å². The highest BCUT2D eigenvalue weighted by atomic mass is 19.3. The predicted molar refractivity (Wildman–Crippen MR) is 83.0 cm³/mol. The maximum atomic E-state index is 13.4. The summed E-state index contributed by atoms with van der Waals surface area (Å²) in [6, 6.07) is 8.11. The van der Waals surface area contributed by atoms with Crippen LogP contribution in [0.15, 0.2) is 34.7 Å². The number of aryl methyl sites for hydroxylation is 2. The molecular formula is C17H16F2N2O3. The van der Waals surface area contributed by atoms with Gasteiger partial charge in [0.1, 0.15) is 17.1 Å². The zero-order valence-corrected chi connectivity index (χ0v) is 13.4. The molecule has 0 amide bonds. The molecule has 0 N–H and O–H groups in total. The average Bonchev–Trinajstić information content (AvgIpc) is 3.07. The molecule has 0 spiro atoms. The number of carbonyl (C=O) groups excluding carboxylic acids is 1. The first-order chi connectivity index (χ1) is 11.4. The number of fused-ring (bicyclic) bond motifs is 1. The van der Waals surface area contributed by atoms with E-state index in [-0.39, 0.29) is 11.4 Å². The SMILES string of the molecule is Cc1cc(C(=O)OC(C)c2nc3ccccc3n2C(F)F)c(C)o1. The van der Waals surface area contributed by atoms with Crippen molar-refractivity contribution < 1.29 is 22.7 Å². The maximum absolute atomic E-state index is 13.4. The van der Waals surface area contributed by atoms with Crippen LogP contribution < -0.4 is 0 Å². The molecule has 0 radical (unpaired) electrons. The number of benzene rings is 1. The summed E-state index contributed by atoms with van der Waals surface area (Å²) >= 11 is 0. The minimum atomic E-state index is -2.79. The van der Waals surface area contributed by atoms with Gasteiger partial charge in [0.15, 0.2) is 11.9 Å². The van der Waals surface area contributed by atoms with E-state index in [1.165, 1.54) is 6.92 Å². The van der Waals surface area contributed by atoms with Crippen molar-refractivity contribution in [3.63, 3.8) is 0 Å². The van der Waals surface area contributed by atoms with Crippen LogP contribution in [0, 0.1) is 13.8 Å². The van der Waals surface area contributed by atoms with Crippen LogP contribution in [-0.4, -0.2) is 15.5 Å². The van der Waals surface area contributed by atoms with E-state index in [1.807, 2.05) is 0 Å². The van der Waals surface area contributed by atoms with Gasteiger partial charge in [0.25, 0.3) is 0 Å². The van der Waals surface area contributed by atoms with Crippen molar-refractivity contribution >= 4 is 17.0 Å². The number of para-hydroxylation sites is 2. The Kier molecular flexibility index (Phi) is 4.09. The Hall–Kier alpha value is -2.70. The minimum absolute atomic E-state index is 0.00239. The fraction of sp³-hybridized carbons (Fsp3) is 0.294. The molecule has 1 unspecified atom stereocenters. The molecule has 5 nitrogen and oxygen atoms in total. The number of rotatable bonds is 4. The van der Waals surface area contributed by atoms with Crippen molar-refractivity contribution in [2.75, 3.05) is 0 Å². The fourth-order valence-electron chi connectivity index (χ4n) is 2.67. The number of carbonyl (C=O) groups is 1. The summed E-state index contributed by atoms with van der Waals surface area (Å²) in [6.07, 6.45) is -0.937. The molecule has 3 rings (SSSR count). The normalized spacial score (nSPS) is 12.8. The fourth-order valence-corrected chi connectivity index (χ4v) is 2.67. The number of hydrogen-bond donors (Lipinski definition) is 0. The van der Waals surface area contributed by atoms with E-state index in [9.17, 15) is 13.6 Å². The van der Waals surface area contributed by atoms with Crippen LogP contribution >= 0.6 is 0 Å². The number of esters is 1. The molecule has 7 heteroatoms. The van der Waals surface area contributed by atoms with Crippen LogP contribution in [0.1, 0.15) is 47.3 Å². The smallest absolute Gasteiger partial charge is 0.342 e. The summed E-state index contributed by atoms with van der Waals surface area (Å²) < 4.78 is 38.3. The van der Waals surface area contributed by atoms with Crippen molar-refractivity contribution in [2.45, 2.75) is 33.4 Å². The molecule has 1 atom stereocenters.